The number of hydrogen-bond donors (Lipinski definition) is 1. The SMILES string of the molecule is CC(C)(C)C#Cc1cc(N(C=O)C2CCC(OP(C)(=O)c3ccccc3)CC2)c(C(=O)O)s1. The molecular formula is C25H30NO5PS. The second-order valence-corrected chi connectivity index (χ2v) is 12.8. The van der Waals surface area contributed by atoms with E-state index in [-0.39, 0.29) is 22.4 Å². The Morgan fingerprint density at radius 2 is 1.85 bits per heavy atom. The molecule has 0 aliphatic heterocycles. The van der Waals surface area contributed by atoms with Crippen LogP contribution in [-0.2, 0) is 13.9 Å². The highest BCUT2D eigenvalue weighted by atomic mass is 32.1. The van der Waals surface area contributed by atoms with E-state index in [1.165, 1.54) is 4.90 Å². The van der Waals surface area contributed by atoms with Crippen LogP contribution in [0.15, 0.2) is 36.4 Å². The van der Waals surface area contributed by atoms with Gasteiger partial charge in [0.2, 0.25) is 13.8 Å². The van der Waals surface area contributed by atoms with E-state index in [1.54, 1.807) is 12.7 Å². The molecular weight excluding hydrogens is 457 g/mol. The molecule has 6 nitrogen and oxygen atoms in total. The molecule has 1 aromatic heterocycles. The second-order valence-electron chi connectivity index (χ2n) is 9.36. The van der Waals surface area contributed by atoms with Crippen LogP contribution in [0.5, 0.6) is 0 Å². The quantitative estimate of drug-likeness (QED) is 0.323. The molecule has 0 radical (unpaired) electrons. The maximum absolute atomic E-state index is 13.1. The highest BCUT2D eigenvalue weighted by Gasteiger charge is 2.32. The zero-order valence-electron chi connectivity index (χ0n) is 19.4. The van der Waals surface area contributed by atoms with E-state index in [9.17, 15) is 19.3 Å². The molecule has 1 amide bonds. The minimum Gasteiger partial charge on any atom is -0.477 e. The number of carbonyl (C=O) groups is 2. The van der Waals surface area contributed by atoms with Crippen LogP contribution in [-0.4, -0.2) is 36.3 Å². The van der Waals surface area contributed by atoms with Crippen molar-refractivity contribution in [2.75, 3.05) is 11.6 Å². The lowest BCUT2D eigenvalue weighted by atomic mass is 9.92. The summed E-state index contributed by atoms with van der Waals surface area (Å²) in [5, 5.41) is 10.4. The second kappa shape index (κ2) is 10.3. The molecule has 33 heavy (non-hydrogen) atoms. The molecule has 1 N–H and O–H groups in total. The van der Waals surface area contributed by atoms with Gasteiger partial charge in [0.25, 0.3) is 0 Å². The number of amides is 1. The Bertz CT molecular complexity index is 1100. The number of aromatic carboxylic acids is 1. The van der Waals surface area contributed by atoms with E-state index in [2.05, 4.69) is 11.8 Å². The molecule has 0 bridgehead atoms. The minimum atomic E-state index is -2.94. The normalized spacial score (nSPS) is 20.2. The van der Waals surface area contributed by atoms with Crippen LogP contribution in [0.25, 0.3) is 0 Å². The number of hydrogen-bond acceptors (Lipinski definition) is 5. The third kappa shape index (κ3) is 6.57. The van der Waals surface area contributed by atoms with Crippen molar-refractivity contribution in [3.63, 3.8) is 0 Å². The van der Waals surface area contributed by atoms with Gasteiger partial charge in [-0.25, -0.2) is 4.79 Å². The lowest BCUT2D eigenvalue weighted by molar-refractivity contribution is -0.108. The van der Waals surface area contributed by atoms with Gasteiger partial charge in [-0.1, -0.05) is 30.0 Å². The Balaban J connectivity index is 1.73. The molecule has 0 spiro atoms. The Morgan fingerprint density at radius 3 is 2.39 bits per heavy atom. The van der Waals surface area contributed by atoms with Crippen LogP contribution in [0.2, 0.25) is 0 Å². The van der Waals surface area contributed by atoms with Crippen LogP contribution in [0.1, 0.15) is 61.0 Å². The lowest BCUT2D eigenvalue weighted by Crippen LogP contribution is -2.39. The molecule has 1 atom stereocenters. The zero-order chi connectivity index (χ0) is 24.2. The summed E-state index contributed by atoms with van der Waals surface area (Å²) in [5.74, 6) is 5.08. The molecule has 0 saturated heterocycles. The van der Waals surface area contributed by atoms with Crippen LogP contribution < -0.4 is 10.2 Å². The molecule has 1 aliphatic carbocycles. The number of thiophene rings is 1. The zero-order valence-corrected chi connectivity index (χ0v) is 21.1. The van der Waals surface area contributed by atoms with Crippen molar-refractivity contribution in [1.82, 2.24) is 0 Å². The first kappa shape index (κ1) is 25.2. The van der Waals surface area contributed by atoms with Gasteiger partial charge in [-0.2, -0.15) is 0 Å². The monoisotopic (exact) mass is 487 g/mol. The van der Waals surface area contributed by atoms with Crippen LogP contribution in [0.3, 0.4) is 0 Å². The fourth-order valence-electron chi connectivity index (χ4n) is 3.85. The number of benzene rings is 1. The van der Waals surface area contributed by atoms with Gasteiger partial charge < -0.3 is 14.5 Å². The first-order chi connectivity index (χ1) is 15.5. The van der Waals surface area contributed by atoms with Crippen molar-refractivity contribution in [1.29, 1.82) is 0 Å². The standard InChI is InChI=1S/C25H30NO5PS/c1-25(2,3)15-14-21-16-22(23(33-21)24(28)29)26(17-27)18-10-12-19(13-11-18)31-32(4,30)20-8-6-5-7-9-20/h5-9,16-19H,10-13H2,1-4H3,(H,28,29). The highest BCUT2D eigenvalue weighted by Crippen LogP contribution is 2.45. The average Bonchev–Trinajstić information content (AvgIpc) is 3.18. The number of carboxylic acids is 1. The van der Waals surface area contributed by atoms with Gasteiger partial charge in [-0.3, -0.25) is 9.36 Å². The predicted molar refractivity (Wildman–Crippen MR) is 133 cm³/mol. The first-order valence-electron chi connectivity index (χ1n) is 11.0. The van der Waals surface area contributed by atoms with E-state index in [1.807, 2.05) is 51.1 Å². The molecule has 3 rings (SSSR count). The predicted octanol–water partition coefficient (Wildman–Crippen LogP) is 5.37. The molecule has 1 fully saturated rings. The summed E-state index contributed by atoms with van der Waals surface area (Å²) < 4.78 is 19.1. The van der Waals surface area contributed by atoms with Crippen molar-refractivity contribution in [2.45, 2.75) is 58.6 Å². The van der Waals surface area contributed by atoms with Crippen molar-refractivity contribution in [2.24, 2.45) is 5.41 Å². The van der Waals surface area contributed by atoms with E-state index in [0.717, 1.165) is 11.3 Å². The van der Waals surface area contributed by atoms with Crippen molar-refractivity contribution >= 4 is 42.1 Å². The molecule has 8 heteroatoms. The van der Waals surface area contributed by atoms with Crippen LogP contribution >= 0.6 is 18.7 Å². The van der Waals surface area contributed by atoms with Gasteiger partial charge in [-0.05, 0) is 64.7 Å². The Morgan fingerprint density at radius 1 is 1.21 bits per heavy atom. The summed E-state index contributed by atoms with van der Waals surface area (Å²) in [6.45, 7) is 7.59. The molecule has 2 aromatic rings. The van der Waals surface area contributed by atoms with Crippen molar-refractivity contribution < 1.29 is 23.8 Å². The maximum atomic E-state index is 13.1. The maximum Gasteiger partial charge on any atom is 0.348 e. The molecule has 176 valence electrons. The number of nitrogens with zero attached hydrogens (tertiary/aromatic N) is 1. The summed E-state index contributed by atoms with van der Waals surface area (Å²) in [4.78, 5) is 26.1. The third-order valence-corrected chi connectivity index (χ3v) is 8.44. The molecule has 1 aromatic carbocycles. The first-order valence-corrected chi connectivity index (χ1v) is 13.8. The fourth-order valence-corrected chi connectivity index (χ4v) is 6.31. The number of carbonyl (C=O) groups excluding carboxylic acids is 1. The summed E-state index contributed by atoms with van der Waals surface area (Å²) in [5.41, 5.74) is 0.171. The largest absolute Gasteiger partial charge is 0.477 e. The van der Waals surface area contributed by atoms with E-state index < -0.39 is 13.3 Å². The fraction of sp³-hybridized carbons (Fsp3) is 0.440. The van der Waals surface area contributed by atoms with Gasteiger partial charge in [-0.15, -0.1) is 11.3 Å². The molecule has 1 unspecified atom stereocenters. The van der Waals surface area contributed by atoms with E-state index in [0.29, 0.717) is 48.0 Å². The number of rotatable bonds is 7. The average molecular weight is 488 g/mol. The van der Waals surface area contributed by atoms with Gasteiger partial charge in [0, 0.05) is 23.4 Å². The van der Waals surface area contributed by atoms with Gasteiger partial charge in [0.15, 0.2) is 0 Å². The Hall–Kier alpha value is -2.39. The minimum absolute atomic E-state index is 0.112. The Kier molecular flexibility index (Phi) is 7.84. The lowest BCUT2D eigenvalue weighted by Gasteiger charge is -2.35. The van der Waals surface area contributed by atoms with Gasteiger partial charge in [0.05, 0.1) is 16.7 Å². The third-order valence-electron chi connectivity index (χ3n) is 5.47. The van der Waals surface area contributed by atoms with Crippen molar-refractivity contribution in [3.05, 3.63) is 46.2 Å². The topological polar surface area (TPSA) is 83.9 Å². The summed E-state index contributed by atoms with van der Waals surface area (Å²) in [6.07, 6.45) is 3.09. The van der Waals surface area contributed by atoms with Crippen molar-refractivity contribution in [3.8, 4) is 11.8 Å². The number of anilines is 1. The van der Waals surface area contributed by atoms with Gasteiger partial charge >= 0.3 is 5.97 Å². The molecule has 1 heterocycles. The van der Waals surface area contributed by atoms with Gasteiger partial charge in [0.1, 0.15) is 4.88 Å². The van der Waals surface area contributed by atoms with Crippen LogP contribution in [0.4, 0.5) is 5.69 Å². The smallest absolute Gasteiger partial charge is 0.348 e. The molecule has 1 aliphatic rings. The summed E-state index contributed by atoms with van der Waals surface area (Å²) in [6, 6.07) is 10.7. The summed E-state index contributed by atoms with van der Waals surface area (Å²) >= 11 is 1.09. The Labute approximate surface area is 199 Å². The van der Waals surface area contributed by atoms with E-state index >= 15 is 0 Å². The van der Waals surface area contributed by atoms with Crippen LogP contribution in [0, 0.1) is 17.3 Å². The summed E-state index contributed by atoms with van der Waals surface area (Å²) in [7, 11) is -2.94. The molecule has 1 saturated carbocycles. The highest BCUT2D eigenvalue weighted by molar-refractivity contribution is 7.66. The number of carboxylic acid groups (broad SMARTS) is 1. The van der Waals surface area contributed by atoms with E-state index in [4.69, 9.17) is 4.52 Å².